The van der Waals surface area contributed by atoms with Crippen LogP contribution >= 0.6 is 11.3 Å². The van der Waals surface area contributed by atoms with Gasteiger partial charge in [-0.25, -0.2) is 4.98 Å². The van der Waals surface area contributed by atoms with Gasteiger partial charge in [-0.1, -0.05) is 11.3 Å². The van der Waals surface area contributed by atoms with Crippen molar-refractivity contribution in [3.8, 4) is 0 Å². The molecule has 2 aliphatic rings. The Labute approximate surface area is 126 Å². The van der Waals surface area contributed by atoms with Crippen molar-refractivity contribution in [3.63, 3.8) is 0 Å². The third kappa shape index (κ3) is 1.95. The SMILES string of the molecule is Nc1ncc(C(=O)N2CCCC3(CCc4cn[nH]c43)C2)s1. The van der Waals surface area contributed by atoms with Gasteiger partial charge in [0.1, 0.15) is 4.88 Å². The van der Waals surface area contributed by atoms with Crippen molar-refractivity contribution in [1.82, 2.24) is 20.1 Å². The molecule has 7 heteroatoms. The van der Waals surface area contributed by atoms with Crippen LogP contribution in [0.1, 0.15) is 40.2 Å². The summed E-state index contributed by atoms with van der Waals surface area (Å²) in [5.74, 6) is 0.0521. The lowest BCUT2D eigenvalue weighted by Crippen LogP contribution is -2.47. The van der Waals surface area contributed by atoms with Gasteiger partial charge in [0.2, 0.25) is 0 Å². The molecule has 2 aromatic heterocycles. The van der Waals surface area contributed by atoms with Gasteiger partial charge in [0.05, 0.1) is 12.4 Å². The zero-order chi connectivity index (χ0) is 14.4. The third-order valence-electron chi connectivity index (χ3n) is 4.72. The average Bonchev–Trinajstić information content (AvgIpc) is 3.18. The molecular formula is C14H17N5OS. The Morgan fingerprint density at radius 1 is 1.43 bits per heavy atom. The van der Waals surface area contributed by atoms with Gasteiger partial charge in [0.15, 0.2) is 5.13 Å². The molecule has 0 bridgehead atoms. The fraction of sp³-hybridized carbons (Fsp3) is 0.500. The minimum atomic E-state index is 0.0521. The van der Waals surface area contributed by atoms with E-state index in [1.807, 2.05) is 11.1 Å². The average molecular weight is 303 g/mol. The summed E-state index contributed by atoms with van der Waals surface area (Å²) in [5, 5.41) is 7.78. The van der Waals surface area contributed by atoms with E-state index in [2.05, 4.69) is 15.2 Å². The molecule has 3 N–H and O–H groups in total. The molecule has 1 spiro atoms. The number of nitrogens with two attached hydrogens (primary N) is 1. The molecule has 0 radical (unpaired) electrons. The lowest BCUT2D eigenvalue weighted by Gasteiger charge is -2.40. The minimum absolute atomic E-state index is 0.0521. The van der Waals surface area contributed by atoms with E-state index in [1.54, 1.807) is 6.20 Å². The number of aryl methyl sites for hydroxylation is 1. The molecule has 1 atom stereocenters. The summed E-state index contributed by atoms with van der Waals surface area (Å²) in [7, 11) is 0. The Morgan fingerprint density at radius 2 is 2.33 bits per heavy atom. The summed E-state index contributed by atoms with van der Waals surface area (Å²) < 4.78 is 0. The maximum atomic E-state index is 12.6. The van der Waals surface area contributed by atoms with E-state index < -0.39 is 0 Å². The maximum Gasteiger partial charge on any atom is 0.265 e. The Morgan fingerprint density at radius 3 is 3.14 bits per heavy atom. The van der Waals surface area contributed by atoms with Gasteiger partial charge in [-0.05, 0) is 31.2 Å². The van der Waals surface area contributed by atoms with E-state index in [4.69, 9.17) is 5.73 Å². The number of H-pyrrole nitrogens is 1. The van der Waals surface area contributed by atoms with Crippen LogP contribution in [-0.4, -0.2) is 39.1 Å². The first-order chi connectivity index (χ1) is 10.2. The number of hydrogen-bond acceptors (Lipinski definition) is 5. The first-order valence-corrected chi connectivity index (χ1v) is 8.03. The topological polar surface area (TPSA) is 87.9 Å². The second kappa shape index (κ2) is 4.56. The van der Waals surface area contributed by atoms with Crippen LogP contribution in [0.4, 0.5) is 5.13 Å². The number of piperidine rings is 1. The Kier molecular flexibility index (Phi) is 2.78. The highest BCUT2D eigenvalue weighted by Gasteiger charge is 2.44. The Balaban J connectivity index is 1.60. The number of rotatable bonds is 1. The number of fused-ring (bicyclic) bond motifs is 2. The first kappa shape index (κ1) is 12.8. The van der Waals surface area contributed by atoms with E-state index in [0.717, 1.165) is 38.8 Å². The molecule has 21 heavy (non-hydrogen) atoms. The van der Waals surface area contributed by atoms with Crippen LogP contribution in [0.15, 0.2) is 12.4 Å². The fourth-order valence-corrected chi connectivity index (χ4v) is 4.37. The number of likely N-dealkylation sites (tertiary alicyclic amines) is 1. The molecular weight excluding hydrogens is 286 g/mol. The summed E-state index contributed by atoms with van der Waals surface area (Å²) >= 11 is 1.26. The van der Waals surface area contributed by atoms with E-state index in [1.165, 1.54) is 22.6 Å². The monoisotopic (exact) mass is 303 g/mol. The minimum Gasteiger partial charge on any atom is -0.375 e. The smallest absolute Gasteiger partial charge is 0.265 e. The standard InChI is InChI=1S/C14H17N5OS/c15-13-16-7-10(21-13)12(20)19-5-1-3-14(8-19)4-2-9-6-17-18-11(9)14/h6-7H,1-5,8H2,(H2,15,16)(H,17,18). The van der Waals surface area contributed by atoms with Crippen LogP contribution in [-0.2, 0) is 11.8 Å². The van der Waals surface area contributed by atoms with E-state index in [0.29, 0.717) is 10.0 Å². The van der Waals surface area contributed by atoms with E-state index in [-0.39, 0.29) is 11.3 Å². The summed E-state index contributed by atoms with van der Waals surface area (Å²) in [6.07, 6.45) is 7.82. The fourth-order valence-electron chi connectivity index (χ4n) is 3.71. The predicted octanol–water partition coefficient (Wildman–Crippen LogP) is 1.57. The van der Waals surface area contributed by atoms with E-state index >= 15 is 0 Å². The van der Waals surface area contributed by atoms with Gasteiger partial charge in [-0.2, -0.15) is 5.10 Å². The molecule has 4 rings (SSSR count). The van der Waals surface area contributed by atoms with Crippen molar-refractivity contribution in [2.24, 2.45) is 0 Å². The molecule has 1 aliphatic heterocycles. The molecule has 0 aromatic carbocycles. The molecule has 2 aromatic rings. The highest BCUT2D eigenvalue weighted by atomic mass is 32.1. The first-order valence-electron chi connectivity index (χ1n) is 7.21. The number of carbonyl (C=O) groups excluding carboxylic acids is 1. The lowest BCUT2D eigenvalue weighted by molar-refractivity contribution is 0.0637. The van der Waals surface area contributed by atoms with Gasteiger partial charge in [0, 0.05) is 24.2 Å². The van der Waals surface area contributed by atoms with Crippen molar-refractivity contribution >= 4 is 22.4 Å². The largest absolute Gasteiger partial charge is 0.375 e. The van der Waals surface area contributed by atoms with Crippen molar-refractivity contribution in [3.05, 3.63) is 28.5 Å². The van der Waals surface area contributed by atoms with E-state index in [9.17, 15) is 4.79 Å². The predicted molar refractivity (Wildman–Crippen MR) is 80.3 cm³/mol. The Bertz CT molecular complexity index is 693. The van der Waals surface area contributed by atoms with Crippen molar-refractivity contribution in [1.29, 1.82) is 0 Å². The number of thiazole rings is 1. The Hall–Kier alpha value is -1.89. The molecule has 1 amide bonds. The summed E-state index contributed by atoms with van der Waals surface area (Å²) in [6, 6.07) is 0. The van der Waals surface area contributed by atoms with Crippen LogP contribution in [0, 0.1) is 0 Å². The molecule has 3 heterocycles. The molecule has 110 valence electrons. The number of carbonyl (C=O) groups is 1. The van der Waals surface area contributed by atoms with Crippen molar-refractivity contribution in [2.75, 3.05) is 18.8 Å². The van der Waals surface area contributed by atoms with Gasteiger partial charge in [0.25, 0.3) is 5.91 Å². The molecule has 1 aliphatic carbocycles. The van der Waals surface area contributed by atoms with Crippen LogP contribution in [0.25, 0.3) is 0 Å². The number of nitrogen functional groups attached to an aromatic ring is 1. The summed E-state index contributed by atoms with van der Waals surface area (Å²) in [5.41, 5.74) is 8.25. The number of nitrogens with zero attached hydrogens (tertiary/aromatic N) is 3. The third-order valence-corrected chi connectivity index (χ3v) is 5.53. The molecule has 1 fully saturated rings. The van der Waals surface area contributed by atoms with Gasteiger partial charge < -0.3 is 10.6 Å². The van der Waals surface area contributed by atoms with Crippen molar-refractivity contribution in [2.45, 2.75) is 31.1 Å². The van der Waals surface area contributed by atoms with Crippen LogP contribution in [0.3, 0.4) is 0 Å². The molecule has 1 saturated heterocycles. The maximum absolute atomic E-state index is 12.6. The number of anilines is 1. The quantitative estimate of drug-likeness (QED) is 0.837. The summed E-state index contributed by atoms with van der Waals surface area (Å²) in [4.78, 5) is 19.2. The normalized spacial score (nSPS) is 24.5. The van der Waals surface area contributed by atoms with Gasteiger partial charge in [-0.3, -0.25) is 9.89 Å². The zero-order valence-electron chi connectivity index (χ0n) is 11.6. The number of hydrogen-bond donors (Lipinski definition) is 2. The number of aromatic nitrogens is 3. The highest BCUT2D eigenvalue weighted by Crippen LogP contribution is 2.44. The highest BCUT2D eigenvalue weighted by molar-refractivity contribution is 7.17. The second-order valence-corrected chi connectivity index (χ2v) is 7.01. The van der Waals surface area contributed by atoms with Crippen LogP contribution in [0.2, 0.25) is 0 Å². The van der Waals surface area contributed by atoms with Crippen LogP contribution < -0.4 is 5.73 Å². The molecule has 1 unspecified atom stereocenters. The molecule has 0 saturated carbocycles. The number of nitrogens with one attached hydrogen (secondary N) is 1. The van der Waals surface area contributed by atoms with Crippen LogP contribution in [0.5, 0.6) is 0 Å². The summed E-state index contributed by atoms with van der Waals surface area (Å²) in [6.45, 7) is 1.57. The second-order valence-electron chi connectivity index (χ2n) is 5.94. The zero-order valence-corrected chi connectivity index (χ0v) is 12.4. The number of aromatic amines is 1. The van der Waals surface area contributed by atoms with Gasteiger partial charge >= 0.3 is 0 Å². The van der Waals surface area contributed by atoms with Gasteiger partial charge in [-0.15, -0.1) is 0 Å². The number of amides is 1. The molecule has 6 nitrogen and oxygen atoms in total. The van der Waals surface area contributed by atoms with Crippen molar-refractivity contribution < 1.29 is 4.79 Å². The lowest BCUT2D eigenvalue weighted by atomic mass is 9.77.